The molecule has 1 aliphatic heterocycles. The maximum Gasteiger partial charge on any atom is 0.243 e. The van der Waals surface area contributed by atoms with Crippen molar-refractivity contribution in [3.63, 3.8) is 0 Å². The van der Waals surface area contributed by atoms with E-state index in [0.29, 0.717) is 35.2 Å². The van der Waals surface area contributed by atoms with Gasteiger partial charge in [0, 0.05) is 25.3 Å². The van der Waals surface area contributed by atoms with Crippen molar-refractivity contribution >= 4 is 33.8 Å². The van der Waals surface area contributed by atoms with Crippen molar-refractivity contribution in [1.82, 2.24) is 14.3 Å². The smallest absolute Gasteiger partial charge is 0.243 e. The number of nitrogens with zero attached hydrogens (tertiary/aromatic N) is 4. The van der Waals surface area contributed by atoms with Gasteiger partial charge in [0.25, 0.3) is 0 Å². The maximum absolute atomic E-state index is 12.7. The van der Waals surface area contributed by atoms with Crippen LogP contribution in [0.2, 0.25) is 0 Å². The number of sulfonamides is 1. The lowest BCUT2D eigenvalue weighted by Crippen LogP contribution is -2.32. The summed E-state index contributed by atoms with van der Waals surface area (Å²) in [7, 11) is -3.51. The Labute approximate surface area is 204 Å². The average Bonchev–Trinajstić information content (AvgIpc) is 3.06. The van der Waals surface area contributed by atoms with Crippen LogP contribution in [0, 0.1) is 0 Å². The van der Waals surface area contributed by atoms with E-state index in [-0.39, 0.29) is 11.3 Å². The van der Waals surface area contributed by atoms with Crippen molar-refractivity contribution in [1.29, 1.82) is 0 Å². The zero-order chi connectivity index (χ0) is 24.9. The molecular formula is C22H31N5O5S2. The Kier molecular flexibility index (Phi) is 9.01. The molecule has 1 aromatic heterocycles. The third-order valence-electron chi connectivity index (χ3n) is 5.71. The maximum atomic E-state index is 12.7. The highest BCUT2D eigenvalue weighted by atomic mass is 32.2. The van der Waals surface area contributed by atoms with Crippen molar-refractivity contribution in [2.45, 2.75) is 67.3 Å². The van der Waals surface area contributed by atoms with Gasteiger partial charge in [-0.1, -0.05) is 37.7 Å². The molecule has 0 saturated carbocycles. The number of nitrogens with two attached hydrogens (primary N) is 1. The number of ether oxygens (including phenoxy) is 1. The van der Waals surface area contributed by atoms with Gasteiger partial charge >= 0.3 is 0 Å². The molecule has 0 aliphatic carbocycles. The zero-order valence-electron chi connectivity index (χ0n) is 19.4. The van der Waals surface area contributed by atoms with Gasteiger partial charge in [0.15, 0.2) is 0 Å². The van der Waals surface area contributed by atoms with E-state index in [2.05, 4.69) is 15.0 Å². The molecule has 1 fully saturated rings. The molecule has 0 radical (unpaired) electrons. The first-order valence-electron chi connectivity index (χ1n) is 11.0. The summed E-state index contributed by atoms with van der Waals surface area (Å²) in [5.74, 6) is 0.521. The molecule has 4 N–H and O–H groups in total. The SMILES string of the molecule is CCN(CC)S(=O)(=O)c1ccc(CSc2ncnc(C[C@@H]3O[C@H](C)[C@@H](O)[C@H]3O)c2N=CN)cc1. The lowest BCUT2D eigenvalue weighted by atomic mass is 10.0. The predicted octanol–water partition coefficient (Wildman–Crippen LogP) is 1.47. The predicted molar refractivity (Wildman–Crippen MR) is 131 cm³/mol. The fraction of sp³-hybridized carbons (Fsp3) is 0.500. The van der Waals surface area contributed by atoms with Crippen molar-refractivity contribution < 1.29 is 23.4 Å². The summed E-state index contributed by atoms with van der Waals surface area (Å²) in [6.07, 6.45) is -0.284. The molecule has 10 nitrogen and oxygen atoms in total. The summed E-state index contributed by atoms with van der Waals surface area (Å²) < 4.78 is 32.4. The van der Waals surface area contributed by atoms with Crippen molar-refractivity contribution in [3.05, 3.63) is 41.9 Å². The number of aliphatic imine (C=N–C) groups is 1. The number of aromatic nitrogens is 2. The molecule has 3 rings (SSSR count). The molecule has 2 heterocycles. The van der Waals surface area contributed by atoms with Crippen LogP contribution in [-0.2, 0) is 26.9 Å². The van der Waals surface area contributed by atoms with Crippen molar-refractivity contribution in [2.75, 3.05) is 13.1 Å². The van der Waals surface area contributed by atoms with Crippen LogP contribution in [0.3, 0.4) is 0 Å². The van der Waals surface area contributed by atoms with Gasteiger partial charge in [0.05, 0.1) is 29.1 Å². The van der Waals surface area contributed by atoms with Crippen LogP contribution in [0.15, 0.2) is 45.5 Å². The third-order valence-corrected chi connectivity index (χ3v) is 8.82. The molecule has 1 aliphatic rings. The fourth-order valence-electron chi connectivity index (χ4n) is 3.77. The van der Waals surface area contributed by atoms with Gasteiger partial charge < -0.3 is 20.7 Å². The monoisotopic (exact) mass is 509 g/mol. The van der Waals surface area contributed by atoms with Crippen molar-refractivity contribution in [2.24, 2.45) is 10.7 Å². The number of thioether (sulfide) groups is 1. The Morgan fingerprint density at radius 3 is 2.41 bits per heavy atom. The topological polar surface area (TPSA) is 151 Å². The summed E-state index contributed by atoms with van der Waals surface area (Å²) in [5, 5.41) is 20.8. The first-order valence-corrected chi connectivity index (χ1v) is 13.5. The van der Waals surface area contributed by atoms with E-state index in [9.17, 15) is 18.6 Å². The largest absolute Gasteiger partial charge is 0.390 e. The van der Waals surface area contributed by atoms with E-state index in [4.69, 9.17) is 10.5 Å². The summed E-state index contributed by atoms with van der Waals surface area (Å²) in [4.78, 5) is 13.1. The second kappa shape index (κ2) is 11.6. The molecule has 1 saturated heterocycles. The van der Waals surface area contributed by atoms with Crippen LogP contribution < -0.4 is 5.73 Å². The highest BCUT2D eigenvalue weighted by Gasteiger charge is 2.40. The van der Waals surface area contributed by atoms with E-state index in [1.165, 1.54) is 22.4 Å². The minimum Gasteiger partial charge on any atom is -0.390 e. The van der Waals surface area contributed by atoms with E-state index < -0.39 is 34.4 Å². The standard InChI is InChI=1S/C22H31N5O5S2/c1-4-27(5-2)34(30,31)16-8-6-15(7-9-16)11-33-22-19(24-12-23)17(25-13-26-22)10-18-21(29)20(28)14(3)32-18/h6-9,12-14,18,20-21,28-29H,4-5,10-11H2,1-3H3,(H2,23,24)/t14-,18+,20-,21+/m1/s1. The molecule has 0 bridgehead atoms. The van der Waals surface area contributed by atoms with E-state index in [0.717, 1.165) is 11.9 Å². The van der Waals surface area contributed by atoms with Crippen LogP contribution in [0.5, 0.6) is 0 Å². The average molecular weight is 510 g/mol. The highest BCUT2D eigenvalue weighted by molar-refractivity contribution is 7.98. The zero-order valence-corrected chi connectivity index (χ0v) is 21.0. The second-order valence-electron chi connectivity index (χ2n) is 7.84. The number of aliphatic hydroxyl groups is 2. The van der Waals surface area contributed by atoms with Gasteiger partial charge in [-0.2, -0.15) is 4.31 Å². The van der Waals surface area contributed by atoms with Gasteiger partial charge in [-0.3, -0.25) is 0 Å². The minimum absolute atomic E-state index is 0.239. The number of hydrogen-bond acceptors (Lipinski definition) is 9. The van der Waals surface area contributed by atoms with Crippen LogP contribution in [0.25, 0.3) is 0 Å². The number of hydrogen-bond donors (Lipinski definition) is 3. The first kappa shape index (κ1) is 26.5. The number of benzene rings is 1. The van der Waals surface area contributed by atoms with Crippen LogP contribution >= 0.6 is 11.8 Å². The number of aliphatic hydroxyl groups excluding tert-OH is 2. The molecule has 1 aromatic carbocycles. The van der Waals surface area contributed by atoms with E-state index in [1.807, 2.05) is 13.8 Å². The van der Waals surface area contributed by atoms with Gasteiger partial charge in [0.2, 0.25) is 10.0 Å². The van der Waals surface area contributed by atoms with Gasteiger partial charge in [-0.15, -0.1) is 0 Å². The van der Waals surface area contributed by atoms with E-state index >= 15 is 0 Å². The normalized spacial score (nSPS) is 23.2. The first-order chi connectivity index (χ1) is 16.2. The molecule has 12 heteroatoms. The van der Waals surface area contributed by atoms with Gasteiger partial charge in [0.1, 0.15) is 29.2 Å². The molecule has 0 amide bonds. The Hall–Kier alpha value is -2.09. The third kappa shape index (κ3) is 5.75. The molecule has 2 aromatic rings. The van der Waals surface area contributed by atoms with Gasteiger partial charge in [-0.05, 0) is 24.6 Å². The van der Waals surface area contributed by atoms with E-state index in [1.54, 1.807) is 31.2 Å². The summed E-state index contributed by atoms with van der Waals surface area (Å²) >= 11 is 1.41. The lowest BCUT2D eigenvalue weighted by Gasteiger charge is -2.18. The lowest BCUT2D eigenvalue weighted by molar-refractivity contribution is 0.0164. The quantitative estimate of drug-likeness (QED) is 0.187. The van der Waals surface area contributed by atoms with Gasteiger partial charge in [-0.25, -0.2) is 23.4 Å². The fourth-order valence-corrected chi connectivity index (χ4v) is 6.15. The summed E-state index contributed by atoms with van der Waals surface area (Å²) in [6, 6.07) is 6.78. The molecular weight excluding hydrogens is 478 g/mol. The van der Waals surface area contributed by atoms with Crippen LogP contribution in [0.4, 0.5) is 5.69 Å². The summed E-state index contributed by atoms with van der Waals surface area (Å²) in [6.45, 7) is 6.15. The molecule has 0 unspecified atom stereocenters. The highest BCUT2D eigenvalue weighted by Crippen LogP contribution is 2.34. The Bertz CT molecular complexity index is 1090. The Morgan fingerprint density at radius 1 is 1.18 bits per heavy atom. The minimum atomic E-state index is -3.51. The molecule has 34 heavy (non-hydrogen) atoms. The molecule has 4 atom stereocenters. The Balaban J connectivity index is 1.75. The molecule has 186 valence electrons. The Morgan fingerprint density at radius 2 is 1.85 bits per heavy atom. The number of rotatable bonds is 10. The second-order valence-corrected chi connectivity index (χ2v) is 10.7. The molecule has 0 spiro atoms. The van der Waals surface area contributed by atoms with Crippen LogP contribution in [0.1, 0.15) is 32.0 Å². The summed E-state index contributed by atoms with van der Waals surface area (Å²) in [5.41, 5.74) is 7.49. The van der Waals surface area contributed by atoms with Crippen LogP contribution in [-0.4, -0.2) is 76.7 Å². The van der Waals surface area contributed by atoms with Crippen molar-refractivity contribution in [3.8, 4) is 0 Å².